The summed E-state index contributed by atoms with van der Waals surface area (Å²) in [4.78, 5) is 0. The smallest absolute Gasteiger partial charge is 0.231 e. The molecule has 7 nitrogen and oxygen atoms in total. The van der Waals surface area contributed by atoms with Crippen molar-refractivity contribution >= 4 is 11.6 Å². The fourth-order valence-electron chi connectivity index (χ4n) is 2.41. The van der Waals surface area contributed by atoms with Crippen molar-refractivity contribution in [3.63, 3.8) is 0 Å². The Labute approximate surface area is 136 Å². The molecule has 116 valence electrons. The zero-order chi connectivity index (χ0) is 15.8. The predicted octanol–water partition coefficient (Wildman–Crippen LogP) is 2.09. The Morgan fingerprint density at radius 1 is 1.09 bits per heavy atom. The fourth-order valence-corrected chi connectivity index (χ4v) is 2.53. The molecule has 0 saturated carbocycles. The number of nitrogens with two attached hydrogens (primary N) is 1. The number of hydrogen-bond acceptors (Lipinski definition) is 6. The van der Waals surface area contributed by atoms with Gasteiger partial charge in [0.05, 0.1) is 11.7 Å². The zero-order valence-electron chi connectivity index (χ0n) is 11.9. The zero-order valence-corrected chi connectivity index (χ0v) is 12.6. The van der Waals surface area contributed by atoms with Crippen LogP contribution in [0.4, 0.5) is 0 Å². The Morgan fingerprint density at radius 2 is 1.87 bits per heavy atom. The van der Waals surface area contributed by atoms with Crippen LogP contribution in [-0.4, -0.2) is 27.0 Å². The van der Waals surface area contributed by atoms with Crippen molar-refractivity contribution in [2.45, 2.75) is 6.04 Å². The largest absolute Gasteiger partial charge is 0.454 e. The lowest BCUT2D eigenvalue weighted by molar-refractivity contribution is 0.174. The first-order chi connectivity index (χ1) is 11.2. The number of benzene rings is 2. The summed E-state index contributed by atoms with van der Waals surface area (Å²) in [6.45, 7) is 0.214. The van der Waals surface area contributed by atoms with Crippen molar-refractivity contribution < 1.29 is 9.47 Å². The van der Waals surface area contributed by atoms with Gasteiger partial charge in [0, 0.05) is 11.1 Å². The van der Waals surface area contributed by atoms with Crippen LogP contribution in [0.1, 0.15) is 17.4 Å². The molecule has 23 heavy (non-hydrogen) atoms. The Balaban J connectivity index is 1.72. The molecule has 0 bridgehead atoms. The summed E-state index contributed by atoms with van der Waals surface area (Å²) in [6, 6.07) is 12.3. The molecule has 0 aliphatic carbocycles. The van der Waals surface area contributed by atoms with Crippen LogP contribution in [0.25, 0.3) is 5.69 Å². The van der Waals surface area contributed by atoms with Gasteiger partial charge in [-0.15, -0.1) is 5.10 Å². The van der Waals surface area contributed by atoms with Crippen molar-refractivity contribution in [3.05, 3.63) is 58.9 Å². The number of hydrogen-bond donors (Lipinski definition) is 1. The lowest BCUT2D eigenvalue weighted by atomic mass is 10.1. The maximum Gasteiger partial charge on any atom is 0.231 e. The average molecular weight is 330 g/mol. The topological polar surface area (TPSA) is 88.1 Å². The molecule has 3 aromatic rings. The molecule has 2 heterocycles. The van der Waals surface area contributed by atoms with Gasteiger partial charge in [-0.2, -0.15) is 4.68 Å². The van der Waals surface area contributed by atoms with E-state index in [1.165, 1.54) is 0 Å². The first-order valence-electron chi connectivity index (χ1n) is 6.92. The molecule has 1 aliphatic heterocycles. The normalized spacial score (nSPS) is 14.0. The highest BCUT2D eigenvalue weighted by Crippen LogP contribution is 2.34. The second kappa shape index (κ2) is 5.53. The van der Waals surface area contributed by atoms with Crippen LogP contribution in [0.2, 0.25) is 5.02 Å². The quantitative estimate of drug-likeness (QED) is 0.791. The van der Waals surface area contributed by atoms with Crippen LogP contribution in [0.15, 0.2) is 42.5 Å². The van der Waals surface area contributed by atoms with Crippen LogP contribution in [0.3, 0.4) is 0 Å². The van der Waals surface area contributed by atoms with Gasteiger partial charge in [-0.1, -0.05) is 23.7 Å². The number of ether oxygens (including phenoxy) is 2. The maximum absolute atomic E-state index is 6.30. The minimum absolute atomic E-state index is 0.214. The predicted molar refractivity (Wildman–Crippen MR) is 82.8 cm³/mol. The van der Waals surface area contributed by atoms with Gasteiger partial charge in [0.1, 0.15) is 0 Å². The highest BCUT2D eigenvalue weighted by atomic mass is 35.5. The van der Waals surface area contributed by atoms with E-state index in [9.17, 15) is 0 Å². The maximum atomic E-state index is 6.30. The molecule has 1 unspecified atom stereocenters. The minimum atomic E-state index is -0.479. The number of rotatable bonds is 3. The molecule has 0 radical (unpaired) electrons. The molecule has 0 saturated heterocycles. The van der Waals surface area contributed by atoms with Crippen LogP contribution >= 0.6 is 11.6 Å². The average Bonchev–Trinajstić information content (AvgIpc) is 3.23. The first kappa shape index (κ1) is 14.0. The van der Waals surface area contributed by atoms with E-state index in [-0.39, 0.29) is 6.79 Å². The minimum Gasteiger partial charge on any atom is -0.454 e. The lowest BCUT2D eigenvalue weighted by Crippen LogP contribution is -2.17. The summed E-state index contributed by atoms with van der Waals surface area (Å²) in [7, 11) is 0. The van der Waals surface area contributed by atoms with Crippen molar-refractivity contribution in [3.8, 4) is 17.2 Å². The summed E-state index contributed by atoms with van der Waals surface area (Å²) in [5.41, 5.74) is 7.92. The van der Waals surface area contributed by atoms with Crippen molar-refractivity contribution in [2.75, 3.05) is 6.79 Å². The third kappa shape index (κ3) is 2.49. The lowest BCUT2D eigenvalue weighted by Gasteiger charge is -2.12. The fraction of sp³-hybridized carbons (Fsp3) is 0.133. The Kier molecular flexibility index (Phi) is 3.36. The second-order valence-corrected chi connectivity index (χ2v) is 5.45. The van der Waals surface area contributed by atoms with Gasteiger partial charge in [0.25, 0.3) is 0 Å². The molecule has 1 atom stereocenters. The van der Waals surface area contributed by atoms with Gasteiger partial charge >= 0.3 is 0 Å². The molecule has 4 rings (SSSR count). The molecule has 0 fully saturated rings. The summed E-state index contributed by atoms with van der Waals surface area (Å²) in [6.07, 6.45) is 0. The van der Waals surface area contributed by atoms with Gasteiger partial charge in [0.15, 0.2) is 17.3 Å². The van der Waals surface area contributed by atoms with Crippen molar-refractivity contribution in [1.82, 2.24) is 20.2 Å². The molecule has 1 aliphatic rings. The van der Waals surface area contributed by atoms with E-state index in [4.69, 9.17) is 26.8 Å². The van der Waals surface area contributed by atoms with E-state index in [1.54, 1.807) is 16.8 Å². The Hall–Kier alpha value is -2.64. The summed E-state index contributed by atoms with van der Waals surface area (Å²) in [5.74, 6) is 1.88. The third-order valence-electron chi connectivity index (χ3n) is 3.60. The molecular weight excluding hydrogens is 318 g/mol. The van der Waals surface area contributed by atoms with E-state index in [2.05, 4.69) is 15.5 Å². The molecule has 0 spiro atoms. The van der Waals surface area contributed by atoms with E-state index in [0.717, 1.165) is 11.3 Å². The van der Waals surface area contributed by atoms with Gasteiger partial charge in [-0.25, -0.2) is 0 Å². The Morgan fingerprint density at radius 3 is 2.70 bits per heavy atom. The summed E-state index contributed by atoms with van der Waals surface area (Å²) >= 11 is 5.91. The number of halogens is 1. The van der Waals surface area contributed by atoms with E-state index in [1.807, 2.05) is 30.3 Å². The molecule has 2 aromatic carbocycles. The van der Waals surface area contributed by atoms with Crippen LogP contribution in [0.5, 0.6) is 11.5 Å². The molecule has 1 aromatic heterocycles. The standard InChI is InChI=1S/C15H12ClN5O2/c16-10-3-1-9(2-4-10)14(17)15-18-19-20-21(15)11-5-6-12-13(7-11)23-8-22-12/h1-7,14H,8,17H2. The van der Waals surface area contributed by atoms with Crippen molar-refractivity contribution in [1.29, 1.82) is 0 Å². The van der Waals surface area contributed by atoms with Crippen LogP contribution < -0.4 is 15.2 Å². The van der Waals surface area contributed by atoms with Gasteiger partial charge < -0.3 is 15.2 Å². The van der Waals surface area contributed by atoms with Crippen LogP contribution in [-0.2, 0) is 0 Å². The molecule has 8 heteroatoms. The number of tetrazole rings is 1. The summed E-state index contributed by atoms with van der Waals surface area (Å²) in [5, 5.41) is 12.5. The SMILES string of the molecule is NC(c1ccc(Cl)cc1)c1nnnn1-c1ccc2c(c1)OCO2. The van der Waals surface area contributed by atoms with Gasteiger partial charge in [0.2, 0.25) is 6.79 Å². The van der Waals surface area contributed by atoms with Gasteiger partial charge in [-0.05, 0) is 40.3 Å². The van der Waals surface area contributed by atoms with Crippen molar-refractivity contribution in [2.24, 2.45) is 5.73 Å². The third-order valence-corrected chi connectivity index (χ3v) is 3.85. The van der Waals surface area contributed by atoms with E-state index >= 15 is 0 Å². The molecular formula is C15H12ClN5O2. The van der Waals surface area contributed by atoms with Gasteiger partial charge in [-0.3, -0.25) is 0 Å². The summed E-state index contributed by atoms with van der Waals surface area (Å²) < 4.78 is 12.3. The van der Waals surface area contributed by atoms with E-state index in [0.29, 0.717) is 22.3 Å². The number of fused-ring (bicyclic) bond motifs is 1. The monoisotopic (exact) mass is 329 g/mol. The highest BCUT2D eigenvalue weighted by molar-refractivity contribution is 6.30. The molecule has 0 amide bonds. The van der Waals surface area contributed by atoms with E-state index < -0.39 is 6.04 Å². The first-order valence-corrected chi connectivity index (χ1v) is 7.29. The Bertz CT molecular complexity index is 849. The number of aromatic nitrogens is 4. The molecule has 2 N–H and O–H groups in total. The van der Waals surface area contributed by atoms with Crippen LogP contribution in [0, 0.1) is 0 Å². The highest BCUT2D eigenvalue weighted by Gasteiger charge is 2.20. The number of nitrogens with zero attached hydrogens (tertiary/aromatic N) is 4. The second-order valence-electron chi connectivity index (χ2n) is 5.02.